The molecule has 0 amide bonds. The lowest BCUT2D eigenvalue weighted by Gasteiger charge is -2.09. The van der Waals surface area contributed by atoms with E-state index in [-0.39, 0.29) is 6.10 Å². The van der Waals surface area contributed by atoms with E-state index < -0.39 is 0 Å². The van der Waals surface area contributed by atoms with Crippen LogP contribution in [0, 0.1) is 6.92 Å². The fourth-order valence-corrected chi connectivity index (χ4v) is 2.07. The van der Waals surface area contributed by atoms with Gasteiger partial charge in [-0.15, -0.1) is 0 Å². The molecule has 0 saturated heterocycles. The second kappa shape index (κ2) is 6.69. The van der Waals surface area contributed by atoms with Crippen LogP contribution in [0.2, 0.25) is 0 Å². The fraction of sp³-hybridized carbons (Fsp3) is 0.769. The Bertz CT molecular complexity index is 307. The Labute approximate surface area is 98.5 Å². The molecule has 1 aromatic heterocycles. The molecule has 1 unspecified atom stereocenters. The van der Waals surface area contributed by atoms with Gasteiger partial charge in [0.1, 0.15) is 0 Å². The van der Waals surface area contributed by atoms with Crippen molar-refractivity contribution in [2.75, 3.05) is 0 Å². The van der Waals surface area contributed by atoms with Crippen LogP contribution in [0.4, 0.5) is 0 Å². The zero-order chi connectivity index (χ0) is 12.0. The Morgan fingerprint density at radius 1 is 1.38 bits per heavy atom. The van der Waals surface area contributed by atoms with Crippen LogP contribution in [-0.2, 0) is 13.0 Å². The summed E-state index contributed by atoms with van der Waals surface area (Å²) in [5, 5.41) is 14.1. The van der Waals surface area contributed by atoms with Gasteiger partial charge in [0.25, 0.3) is 0 Å². The van der Waals surface area contributed by atoms with Gasteiger partial charge >= 0.3 is 0 Å². The topological polar surface area (TPSA) is 38.1 Å². The molecule has 1 aromatic rings. The van der Waals surface area contributed by atoms with Crippen LogP contribution in [0.15, 0.2) is 6.07 Å². The molecule has 3 nitrogen and oxygen atoms in total. The van der Waals surface area contributed by atoms with Crippen LogP contribution in [0.5, 0.6) is 0 Å². The molecule has 0 spiro atoms. The van der Waals surface area contributed by atoms with Gasteiger partial charge in [0.15, 0.2) is 0 Å². The van der Waals surface area contributed by atoms with E-state index in [9.17, 15) is 5.11 Å². The first-order chi connectivity index (χ1) is 7.67. The lowest BCUT2D eigenvalue weighted by Crippen LogP contribution is -2.08. The van der Waals surface area contributed by atoms with Gasteiger partial charge in [-0.05, 0) is 45.6 Å². The molecule has 1 atom stereocenters. The monoisotopic (exact) mass is 224 g/mol. The van der Waals surface area contributed by atoms with Gasteiger partial charge in [0.2, 0.25) is 0 Å². The summed E-state index contributed by atoms with van der Waals surface area (Å²) in [5.41, 5.74) is 2.38. The Morgan fingerprint density at radius 2 is 2.12 bits per heavy atom. The zero-order valence-corrected chi connectivity index (χ0v) is 10.7. The standard InChI is InChI=1S/C13H24N2O/c1-4-7-13(16)9-6-8-12-10-11(3)14-15(12)5-2/h10,13,16H,4-9H2,1-3H3. The van der Waals surface area contributed by atoms with Gasteiger partial charge in [-0.3, -0.25) is 4.68 Å². The summed E-state index contributed by atoms with van der Waals surface area (Å²) in [6.07, 6.45) is 4.84. The molecule has 0 aliphatic rings. The average molecular weight is 224 g/mol. The summed E-state index contributed by atoms with van der Waals surface area (Å²) >= 11 is 0. The van der Waals surface area contributed by atoms with Gasteiger partial charge in [-0.25, -0.2) is 0 Å². The van der Waals surface area contributed by atoms with Crippen molar-refractivity contribution in [3.05, 3.63) is 17.5 Å². The number of hydrogen-bond donors (Lipinski definition) is 1. The second-order valence-electron chi connectivity index (χ2n) is 4.43. The molecule has 0 saturated carbocycles. The van der Waals surface area contributed by atoms with Crippen molar-refractivity contribution in [3.63, 3.8) is 0 Å². The largest absolute Gasteiger partial charge is 0.393 e. The van der Waals surface area contributed by atoms with Crippen LogP contribution in [0.1, 0.15) is 50.9 Å². The van der Waals surface area contributed by atoms with Crippen molar-refractivity contribution >= 4 is 0 Å². The van der Waals surface area contributed by atoms with Crippen molar-refractivity contribution in [3.8, 4) is 0 Å². The van der Waals surface area contributed by atoms with Gasteiger partial charge < -0.3 is 5.11 Å². The lowest BCUT2D eigenvalue weighted by molar-refractivity contribution is 0.151. The summed E-state index contributed by atoms with van der Waals surface area (Å²) in [6, 6.07) is 2.15. The lowest BCUT2D eigenvalue weighted by atomic mass is 10.1. The first kappa shape index (κ1) is 13.2. The number of aliphatic hydroxyl groups excluding tert-OH is 1. The van der Waals surface area contributed by atoms with E-state index in [0.29, 0.717) is 0 Å². The summed E-state index contributed by atoms with van der Waals surface area (Å²) < 4.78 is 2.06. The highest BCUT2D eigenvalue weighted by Crippen LogP contribution is 2.11. The molecule has 0 fully saturated rings. The number of aliphatic hydroxyl groups is 1. The molecule has 92 valence electrons. The van der Waals surface area contributed by atoms with Gasteiger partial charge in [0.05, 0.1) is 11.8 Å². The Hall–Kier alpha value is -0.830. The van der Waals surface area contributed by atoms with E-state index in [1.54, 1.807) is 0 Å². The molecule has 1 N–H and O–H groups in total. The van der Waals surface area contributed by atoms with E-state index in [1.165, 1.54) is 5.69 Å². The number of aromatic nitrogens is 2. The highest BCUT2D eigenvalue weighted by atomic mass is 16.3. The number of nitrogens with zero attached hydrogens (tertiary/aromatic N) is 2. The predicted molar refractivity (Wildman–Crippen MR) is 66.5 cm³/mol. The smallest absolute Gasteiger partial charge is 0.0596 e. The van der Waals surface area contributed by atoms with Crippen LogP contribution in [0.25, 0.3) is 0 Å². The van der Waals surface area contributed by atoms with Crippen molar-refractivity contribution < 1.29 is 5.11 Å². The van der Waals surface area contributed by atoms with Gasteiger partial charge in [0, 0.05) is 12.2 Å². The SMILES string of the molecule is CCCC(O)CCCc1cc(C)nn1CC. The van der Waals surface area contributed by atoms with Crippen LogP contribution in [0.3, 0.4) is 0 Å². The van der Waals surface area contributed by atoms with Crippen molar-refractivity contribution in [1.82, 2.24) is 9.78 Å². The van der Waals surface area contributed by atoms with Crippen molar-refractivity contribution in [1.29, 1.82) is 0 Å². The normalized spacial score (nSPS) is 13.0. The third kappa shape index (κ3) is 3.97. The van der Waals surface area contributed by atoms with Crippen LogP contribution < -0.4 is 0 Å². The first-order valence-electron chi connectivity index (χ1n) is 6.38. The molecule has 0 radical (unpaired) electrons. The summed E-state index contributed by atoms with van der Waals surface area (Å²) in [6.45, 7) is 7.18. The summed E-state index contributed by atoms with van der Waals surface area (Å²) in [4.78, 5) is 0. The molecule has 0 aliphatic heterocycles. The minimum absolute atomic E-state index is 0.121. The van der Waals surface area contributed by atoms with Crippen molar-refractivity contribution in [2.45, 2.75) is 65.5 Å². The van der Waals surface area contributed by atoms with Crippen LogP contribution in [-0.4, -0.2) is 21.0 Å². The van der Waals surface area contributed by atoms with Crippen molar-refractivity contribution in [2.24, 2.45) is 0 Å². The average Bonchev–Trinajstić information content (AvgIpc) is 2.59. The maximum absolute atomic E-state index is 9.64. The number of rotatable bonds is 7. The molecule has 1 heterocycles. The molecule has 0 aliphatic carbocycles. The molecular formula is C13H24N2O. The third-order valence-electron chi connectivity index (χ3n) is 2.88. The molecule has 0 bridgehead atoms. The number of aryl methyl sites for hydroxylation is 3. The van der Waals surface area contributed by atoms with Gasteiger partial charge in [-0.2, -0.15) is 5.10 Å². The Morgan fingerprint density at radius 3 is 2.75 bits per heavy atom. The minimum Gasteiger partial charge on any atom is -0.393 e. The van der Waals surface area contributed by atoms with E-state index in [1.807, 2.05) is 6.92 Å². The maximum atomic E-state index is 9.64. The quantitative estimate of drug-likeness (QED) is 0.773. The molecule has 3 heteroatoms. The van der Waals surface area contributed by atoms with E-state index in [0.717, 1.165) is 44.3 Å². The van der Waals surface area contributed by atoms with E-state index in [4.69, 9.17) is 0 Å². The maximum Gasteiger partial charge on any atom is 0.0596 e. The highest BCUT2D eigenvalue weighted by Gasteiger charge is 2.06. The summed E-state index contributed by atoms with van der Waals surface area (Å²) in [5.74, 6) is 0. The Kier molecular flexibility index (Phi) is 5.53. The zero-order valence-electron chi connectivity index (χ0n) is 10.7. The van der Waals surface area contributed by atoms with Crippen LogP contribution >= 0.6 is 0 Å². The first-order valence-corrected chi connectivity index (χ1v) is 6.38. The van der Waals surface area contributed by atoms with E-state index in [2.05, 4.69) is 29.7 Å². The molecule has 16 heavy (non-hydrogen) atoms. The second-order valence-corrected chi connectivity index (χ2v) is 4.43. The molecule has 0 aromatic carbocycles. The van der Waals surface area contributed by atoms with E-state index >= 15 is 0 Å². The number of hydrogen-bond acceptors (Lipinski definition) is 2. The van der Waals surface area contributed by atoms with Gasteiger partial charge in [-0.1, -0.05) is 13.3 Å². The fourth-order valence-electron chi connectivity index (χ4n) is 2.07. The predicted octanol–water partition coefficient (Wildman–Crippen LogP) is 2.70. The Balaban J connectivity index is 2.36. The summed E-state index contributed by atoms with van der Waals surface area (Å²) in [7, 11) is 0. The molecule has 1 rings (SSSR count). The molecular weight excluding hydrogens is 200 g/mol. The third-order valence-corrected chi connectivity index (χ3v) is 2.88. The minimum atomic E-state index is -0.121. The highest BCUT2D eigenvalue weighted by molar-refractivity contribution is 5.08.